The van der Waals surface area contributed by atoms with E-state index < -0.39 is 6.04 Å². The fourth-order valence-electron chi connectivity index (χ4n) is 1.41. The highest BCUT2D eigenvalue weighted by atomic mass is 16.2. The van der Waals surface area contributed by atoms with Gasteiger partial charge >= 0.3 is 0 Å². The van der Waals surface area contributed by atoms with Crippen molar-refractivity contribution in [3.8, 4) is 0 Å². The third-order valence-electron chi connectivity index (χ3n) is 2.91. The van der Waals surface area contributed by atoms with Gasteiger partial charge in [-0.05, 0) is 12.3 Å². The van der Waals surface area contributed by atoms with E-state index in [0.717, 1.165) is 18.4 Å². The molecule has 0 aromatic carbocycles. The van der Waals surface area contributed by atoms with E-state index in [2.05, 4.69) is 15.5 Å². The van der Waals surface area contributed by atoms with E-state index in [1.807, 2.05) is 20.8 Å². The van der Waals surface area contributed by atoms with Crippen LogP contribution in [0.4, 0.5) is 5.82 Å². The zero-order valence-electron chi connectivity index (χ0n) is 10.1. The number of amides is 1. The molecule has 2 atom stereocenters. The minimum absolute atomic E-state index is 0.159. The second kappa shape index (κ2) is 5.65. The molecule has 90 valence electrons. The molecular weight excluding hydrogens is 204 g/mol. The Morgan fingerprint density at radius 1 is 1.62 bits per heavy atom. The van der Waals surface area contributed by atoms with Crippen LogP contribution in [0.3, 0.4) is 0 Å². The SMILES string of the molecule is CCc1cn[nH]c1NC(=O)C(N)C(C)CC. The summed E-state index contributed by atoms with van der Waals surface area (Å²) >= 11 is 0. The zero-order valence-corrected chi connectivity index (χ0v) is 10.1. The number of aromatic amines is 1. The lowest BCUT2D eigenvalue weighted by atomic mass is 9.99. The molecule has 0 radical (unpaired) electrons. The lowest BCUT2D eigenvalue weighted by Crippen LogP contribution is -2.40. The van der Waals surface area contributed by atoms with Crippen molar-refractivity contribution < 1.29 is 4.79 Å². The molecule has 0 aliphatic carbocycles. The van der Waals surface area contributed by atoms with Crippen LogP contribution in [0.25, 0.3) is 0 Å². The number of H-pyrrole nitrogens is 1. The third kappa shape index (κ3) is 2.82. The maximum absolute atomic E-state index is 11.8. The fourth-order valence-corrected chi connectivity index (χ4v) is 1.41. The lowest BCUT2D eigenvalue weighted by Gasteiger charge is -2.17. The molecule has 0 spiro atoms. The summed E-state index contributed by atoms with van der Waals surface area (Å²) in [6.07, 6.45) is 3.42. The molecule has 5 nitrogen and oxygen atoms in total. The first kappa shape index (κ1) is 12.7. The van der Waals surface area contributed by atoms with E-state index in [0.29, 0.717) is 5.82 Å². The number of aryl methyl sites for hydroxylation is 1. The van der Waals surface area contributed by atoms with Crippen LogP contribution in [-0.2, 0) is 11.2 Å². The molecule has 2 unspecified atom stereocenters. The van der Waals surface area contributed by atoms with Gasteiger partial charge in [0.15, 0.2) is 0 Å². The zero-order chi connectivity index (χ0) is 12.1. The number of anilines is 1. The van der Waals surface area contributed by atoms with Gasteiger partial charge in [0.1, 0.15) is 5.82 Å². The first-order valence-corrected chi connectivity index (χ1v) is 5.68. The van der Waals surface area contributed by atoms with Gasteiger partial charge in [-0.2, -0.15) is 5.10 Å². The Hall–Kier alpha value is -1.36. The van der Waals surface area contributed by atoms with Crippen molar-refractivity contribution in [2.24, 2.45) is 11.7 Å². The highest BCUT2D eigenvalue weighted by molar-refractivity contribution is 5.94. The average molecular weight is 224 g/mol. The minimum Gasteiger partial charge on any atom is -0.320 e. The summed E-state index contributed by atoms with van der Waals surface area (Å²) in [6.45, 7) is 6.00. The van der Waals surface area contributed by atoms with Gasteiger partial charge in [-0.3, -0.25) is 9.89 Å². The second-order valence-corrected chi connectivity index (χ2v) is 4.02. The Labute approximate surface area is 95.8 Å². The number of carbonyl (C=O) groups is 1. The predicted molar refractivity (Wildman–Crippen MR) is 64.0 cm³/mol. The Bertz CT molecular complexity index is 348. The van der Waals surface area contributed by atoms with Crippen LogP contribution in [0.15, 0.2) is 6.20 Å². The van der Waals surface area contributed by atoms with E-state index in [4.69, 9.17) is 5.73 Å². The van der Waals surface area contributed by atoms with Gasteiger partial charge in [0.2, 0.25) is 5.91 Å². The van der Waals surface area contributed by atoms with Crippen LogP contribution >= 0.6 is 0 Å². The summed E-state index contributed by atoms with van der Waals surface area (Å²) in [5.74, 6) is 0.674. The van der Waals surface area contributed by atoms with Crippen molar-refractivity contribution in [3.05, 3.63) is 11.8 Å². The summed E-state index contributed by atoms with van der Waals surface area (Å²) in [6, 6.07) is -0.474. The summed E-state index contributed by atoms with van der Waals surface area (Å²) in [5.41, 5.74) is 6.82. The standard InChI is InChI=1S/C11H20N4O/c1-4-7(3)9(12)11(16)14-10-8(5-2)6-13-15-10/h6-7,9H,4-5,12H2,1-3H3,(H2,13,14,15,16). The minimum atomic E-state index is -0.474. The molecule has 0 aliphatic heterocycles. The number of nitrogens with two attached hydrogens (primary N) is 1. The highest BCUT2D eigenvalue weighted by Crippen LogP contribution is 2.13. The van der Waals surface area contributed by atoms with E-state index in [1.165, 1.54) is 0 Å². The first-order chi connectivity index (χ1) is 7.60. The number of rotatable bonds is 5. The van der Waals surface area contributed by atoms with Crippen molar-refractivity contribution in [1.29, 1.82) is 0 Å². The Balaban J connectivity index is 2.64. The maximum Gasteiger partial charge on any atom is 0.242 e. The van der Waals surface area contributed by atoms with Crippen LogP contribution < -0.4 is 11.1 Å². The van der Waals surface area contributed by atoms with Crippen molar-refractivity contribution >= 4 is 11.7 Å². The Morgan fingerprint density at radius 3 is 2.88 bits per heavy atom. The van der Waals surface area contributed by atoms with Crippen molar-refractivity contribution in [1.82, 2.24) is 10.2 Å². The lowest BCUT2D eigenvalue weighted by molar-refractivity contribution is -0.118. The van der Waals surface area contributed by atoms with Crippen LogP contribution in [0, 0.1) is 5.92 Å². The van der Waals surface area contributed by atoms with E-state index >= 15 is 0 Å². The van der Waals surface area contributed by atoms with E-state index in [1.54, 1.807) is 6.20 Å². The molecule has 0 saturated heterocycles. The predicted octanol–water partition coefficient (Wildman–Crippen LogP) is 1.28. The van der Waals surface area contributed by atoms with Crippen molar-refractivity contribution in [2.45, 2.75) is 39.7 Å². The first-order valence-electron chi connectivity index (χ1n) is 5.68. The van der Waals surface area contributed by atoms with Crippen LogP contribution in [-0.4, -0.2) is 22.1 Å². The number of aromatic nitrogens is 2. The summed E-state index contributed by atoms with van der Waals surface area (Å²) in [5, 5.41) is 9.43. The number of carbonyl (C=O) groups excluding carboxylic acids is 1. The van der Waals surface area contributed by atoms with E-state index in [9.17, 15) is 4.79 Å². The highest BCUT2D eigenvalue weighted by Gasteiger charge is 2.20. The molecule has 1 aromatic heterocycles. The normalized spacial score (nSPS) is 14.5. The molecule has 0 fully saturated rings. The second-order valence-electron chi connectivity index (χ2n) is 4.02. The Morgan fingerprint density at radius 2 is 2.31 bits per heavy atom. The molecule has 1 amide bonds. The average Bonchev–Trinajstić information content (AvgIpc) is 2.74. The summed E-state index contributed by atoms with van der Waals surface area (Å²) in [4.78, 5) is 11.8. The van der Waals surface area contributed by atoms with Gasteiger partial charge in [0.05, 0.1) is 12.2 Å². The number of hydrogen-bond donors (Lipinski definition) is 3. The van der Waals surface area contributed by atoms with Crippen molar-refractivity contribution in [3.63, 3.8) is 0 Å². The number of hydrogen-bond acceptors (Lipinski definition) is 3. The molecule has 0 saturated carbocycles. The van der Waals surface area contributed by atoms with Crippen LogP contribution in [0.2, 0.25) is 0 Å². The monoisotopic (exact) mass is 224 g/mol. The summed E-state index contributed by atoms with van der Waals surface area (Å²) < 4.78 is 0. The molecule has 0 aliphatic rings. The quantitative estimate of drug-likeness (QED) is 0.704. The van der Waals surface area contributed by atoms with Gasteiger partial charge in [0, 0.05) is 5.56 Å². The molecule has 16 heavy (non-hydrogen) atoms. The van der Waals surface area contributed by atoms with E-state index in [-0.39, 0.29) is 11.8 Å². The Kier molecular flexibility index (Phi) is 4.49. The van der Waals surface area contributed by atoms with Crippen molar-refractivity contribution in [2.75, 3.05) is 5.32 Å². The molecule has 1 rings (SSSR count). The van der Waals surface area contributed by atoms with Crippen LogP contribution in [0.1, 0.15) is 32.8 Å². The van der Waals surface area contributed by atoms with Crippen LogP contribution in [0.5, 0.6) is 0 Å². The van der Waals surface area contributed by atoms with Gasteiger partial charge in [0.25, 0.3) is 0 Å². The molecule has 5 heteroatoms. The largest absolute Gasteiger partial charge is 0.320 e. The summed E-state index contributed by atoms with van der Waals surface area (Å²) in [7, 11) is 0. The van der Waals surface area contributed by atoms with Gasteiger partial charge in [-0.1, -0.05) is 27.2 Å². The molecule has 4 N–H and O–H groups in total. The molecular formula is C11H20N4O. The van der Waals surface area contributed by atoms with Gasteiger partial charge in [-0.25, -0.2) is 0 Å². The van der Waals surface area contributed by atoms with Gasteiger partial charge in [-0.15, -0.1) is 0 Å². The molecule has 1 aromatic rings. The molecule has 1 heterocycles. The van der Waals surface area contributed by atoms with Gasteiger partial charge < -0.3 is 11.1 Å². The smallest absolute Gasteiger partial charge is 0.242 e. The topological polar surface area (TPSA) is 83.8 Å². The fraction of sp³-hybridized carbons (Fsp3) is 0.636. The number of nitrogens with one attached hydrogen (secondary N) is 2. The third-order valence-corrected chi connectivity index (χ3v) is 2.91. The maximum atomic E-state index is 11.8. The number of nitrogens with zero attached hydrogens (tertiary/aromatic N) is 1. The molecule has 0 bridgehead atoms.